The minimum absolute atomic E-state index is 0.289. The van der Waals surface area contributed by atoms with Crippen LogP contribution in [-0.4, -0.2) is 36.0 Å². The molecule has 1 atom stereocenters. The highest BCUT2D eigenvalue weighted by Crippen LogP contribution is 2.28. The molecule has 1 heterocycles. The third-order valence-electron chi connectivity index (χ3n) is 4.03. The van der Waals surface area contributed by atoms with Gasteiger partial charge < -0.3 is 10.2 Å². The quantitative estimate of drug-likeness (QED) is 0.749. The van der Waals surface area contributed by atoms with E-state index in [-0.39, 0.29) is 5.54 Å². The molecule has 1 unspecified atom stereocenters. The Bertz CT molecular complexity index is 242. The third-order valence-corrected chi connectivity index (χ3v) is 4.03. The minimum atomic E-state index is -0.289. The van der Waals surface area contributed by atoms with E-state index in [4.69, 9.17) is 0 Å². The Kier molecular flexibility index (Phi) is 3.01. The Morgan fingerprint density at radius 2 is 2.07 bits per heavy atom. The summed E-state index contributed by atoms with van der Waals surface area (Å²) in [7, 11) is 1.97. The van der Waals surface area contributed by atoms with Crippen LogP contribution in [0.1, 0.15) is 45.4 Å². The monoisotopic (exact) mass is 210 g/mol. The molecular weight excluding hydrogens is 188 g/mol. The average Bonchev–Trinajstić information content (AvgIpc) is 2.15. The van der Waals surface area contributed by atoms with Gasteiger partial charge in [0.05, 0.1) is 5.54 Å². The number of nitrogens with one attached hydrogen (secondary N) is 1. The molecular formula is C12H22N2O. The fraction of sp³-hybridized carbons (Fsp3) is 0.917. The summed E-state index contributed by atoms with van der Waals surface area (Å²) in [6.45, 7) is 3.05. The smallest absolute Gasteiger partial charge is 0.242 e. The van der Waals surface area contributed by atoms with Gasteiger partial charge in [-0.15, -0.1) is 0 Å². The molecule has 1 N–H and O–H groups in total. The van der Waals surface area contributed by atoms with Crippen LogP contribution >= 0.6 is 0 Å². The van der Waals surface area contributed by atoms with Crippen LogP contribution < -0.4 is 5.32 Å². The Balaban J connectivity index is 1.98. The first kappa shape index (κ1) is 10.9. The van der Waals surface area contributed by atoms with Crippen LogP contribution in [0.15, 0.2) is 0 Å². The largest absolute Gasteiger partial charge is 0.341 e. The zero-order chi connectivity index (χ0) is 10.9. The first-order valence-electron chi connectivity index (χ1n) is 6.16. The normalized spacial score (nSPS) is 32.1. The Morgan fingerprint density at radius 3 is 2.53 bits per heavy atom. The highest BCUT2D eigenvalue weighted by Gasteiger charge is 2.39. The molecule has 3 nitrogen and oxygen atoms in total. The van der Waals surface area contributed by atoms with Crippen molar-refractivity contribution in [1.82, 2.24) is 10.2 Å². The molecule has 1 saturated heterocycles. The van der Waals surface area contributed by atoms with Crippen LogP contribution in [0.2, 0.25) is 0 Å². The predicted octanol–water partition coefficient (Wildman–Crippen LogP) is 1.53. The van der Waals surface area contributed by atoms with E-state index in [2.05, 4.69) is 12.2 Å². The van der Waals surface area contributed by atoms with Gasteiger partial charge in [0.15, 0.2) is 0 Å². The van der Waals surface area contributed by atoms with Gasteiger partial charge in [0, 0.05) is 13.1 Å². The summed E-state index contributed by atoms with van der Waals surface area (Å²) in [6, 6.07) is 0.512. The molecule has 0 radical (unpaired) electrons. The van der Waals surface area contributed by atoms with Crippen LogP contribution in [-0.2, 0) is 4.79 Å². The molecule has 2 aliphatic rings. The maximum Gasteiger partial charge on any atom is 0.242 e. The van der Waals surface area contributed by atoms with Crippen molar-refractivity contribution >= 4 is 5.91 Å². The second-order valence-electron chi connectivity index (χ2n) is 5.22. The number of likely N-dealkylation sites (N-methyl/N-ethyl adjacent to an activating group) is 1. The van der Waals surface area contributed by atoms with E-state index >= 15 is 0 Å². The van der Waals surface area contributed by atoms with Gasteiger partial charge in [-0.3, -0.25) is 4.79 Å². The lowest BCUT2D eigenvalue weighted by Crippen LogP contribution is -2.59. The molecule has 86 valence electrons. The molecule has 2 rings (SSSR count). The minimum Gasteiger partial charge on any atom is -0.341 e. The first-order chi connectivity index (χ1) is 7.13. The Hall–Kier alpha value is -0.570. The van der Waals surface area contributed by atoms with Crippen LogP contribution in [0.25, 0.3) is 0 Å². The Morgan fingerprint density at radius 1 is 1.33 bits per heavy atom. The molecule has 0 aromatic heterocycles. The van der Waals surface area contributed by atoms with E-state index in [0.29, 0.717) is 11.9 Å². The van der Waals surface area contributed by atoms with Crippen LogP contribution in [0.4, 0.5) is 0 Å². The van der Waals surface area contributed by atoms with Crippen molar-refractivity contribution in [3.05, 3.63) is 0 Å². The number of piperidine rings is 1. The van der Waals surface area contributed by atoms with Crippen LogP contribution in [0, 0.1) is 0 Å². The Labute approximate surface area is 92.2 Å². The summed E-state index contributed by atoms with van der Waals surface area (Å²) >= 11 is 0. The summed E-state index contributed by atoms with van der Waals surface area (Å²) in [5, 5.41) is 3.39. The molecule has 0 aromatic rings. The predicted molar refractivity (Wildman–Crippen MR) is 60.7 cm³/mol. The maximum absolute atomic E-state index is 12.3. The van der Waals surface area contributed by atoms with Crippen molar-refractivity contribution in [1.29, 1.82) is 0 Å². The fourth-order valence-electron chi connectivity index (χ4n) is 2.57. The van der Waals surface area contributed by atoms with E-state index in [0.717, 1.165) is 13.0 Å². The summed E-state index contributed by atoms with van der Waals surface area (Å²) in [4.78, 5) is 14.3. The number of hydrogen-bond acceptors (Lipinski definition) is 2. The molecule has 0 aromatic carbocycles. The van der Waals surface area contributed by atoms with Gasteiger partial charge in [-0.2, -0.15) is 0 Å². The number of carbonyl (C=O) groups is 1. The molecule has 3 heteroatoms. The van der Waals surface area contributed by atoms with Gasteiger partial charge in [-0.05, 0) is 52.0 Å². The van der Waals surface area contributed by atoms with Crippen LogP contribution in [0.3, 0.4) is 0 Å². The summed E-state index contributed by atoms with van der Waals surface area (Å²) in [6.07, 6.45) is 7.04. The SMILES string of the molecule is CN(C(=O)C1(C)CCCCN1)C1CCC1. The number of carbonyl (C=O) groups excluding carboxylic acids is 1. The van der Waals surface area contributed by atoms with Crippen molar-refractivity contribution in [3.8, 4) is 0 Å². The summed E-state index contributed by atoms with van der Waals surface area (Å²) in [5.74, 6) is 0.298. The summed E-state index contributed by atoms with van der Waals surface area (Å²) < 4.78 is 0. The maximum atomic E-state index is 12.3. The van der Waals surface area contributed by atoms with E-state index in [1.807, 2.05) is 11.9 Å². The van der Waals surface area contributed by atoms with Gasteiger partial charge in [0.2, 0.25) is 5.91 Å². The standard InChI is InChI=1S/C12H22N2O/c1-12(8-3-4-9-13-12)11(15)14(2)10-6-5-7-10/h10,13H,3-9H2,1-2H3. The second kappa shape index (κ2) is 4.12. The van der Waals surface area contributed by atoms with E-state index in [1.54, 1.807) is 0 Å². The van der Waals surface area contributed by atoms with Gasteiger partial charge in [0.25, 0.3) is 0 Å². The van der Waals surface area contributed by atoms with Crippen molar-refractivity contribution < 1.29 is 4.79 Å². The number of hydrogen-bond donors (Lipinski definition) is 1. The molecule has 1 aliphatic carbocycles. The highest BCUT2D eigenvalue weighted by molar-refractivity contribution is 5.86. The molecule has 1 aliphatic heterocycles. The molecule has 0 spiro atoms. The fourth-order valence-corrected chi connectivity index (χ4v) is 2.57. The third kappa shape index (κ3) is 2.03. The van der Waals surface area contributed by atoms with Crippen molar-refractivity contribution in [2.45, 2.75) is 57.0 Å². The lowest BCUT2D eigenvalue weighted by atomic mass is 9.86. The van der Waals surface area contributed by atoms with Gasteiger partial charge >= 0.3 is 0 Å². The lowest BCUT2D eigenvalue weighted by Gasteiger charge is -2.42. The zero-order valence-electron chi connectivity index (χ0n) is 9.88. The molecule has 0 bridgehead atoms. The zero-order valence-corrected chi connectivity index (χ0v) is 9.88. The van der Waals surface area contributed by atoms with Gasteiger partial charge in [-0.25, -0.2) is 0 Å². The molecule has 1 saturated carbocycles. The van der Waals surface area contributed by atoms with E-state index in [9.17, 15) is 4.79 Å². The van der Waals surface area contributed by atoms with E-state index < -0.39 is 0 Å². The van der Waals surface area contributed by atoms with Gasteiger partial charge in [-0.1, -0.05) is 0 Å². The van der Waals surface area contributed by atoms with Crippen molar-refractivity contribution in [3.63, 3.8) is 0 Å². The number of amides is 1. The molecule has 1 amide bonds. The first-order valence-corrected chi connectivity index (χ1v) is 6.16. The second-order valence-corrected chi connectivity index (χ2v) is 5.22. The number of rotatable bonds is 2. The average molecular weight is 210 g/mol. The van der Waals surface area contributed by atoms with Crippen LogP contribution in [0.5, 0.6) is 0 Å². The summed E-state index contributed by atoms with van der Waals surface area (Å²) in [5.41, 5.74) is -0.289. The van der Waals surface area contributed by atoms with E-state index in [1.165, 1.54) is 32.1 Å². The van der Waals surface area contributed by atoms with Crippen molar-refractivity contribution in [2.75, 3.05) is 13.6 Å². The highest BCUT2D eigenvalue weighted by atomic mass is 16.2. The topological polar surface area (TPSA) is 32.3 Å². The molecule has 15 heavy (non-hydrogen) atoms. The number of nitrogens with zero attached hydrogens (tertiary/aromatic N) is 1. The van der Waals surface area contributed by atoms with Gasteiger partial charge in [0.1, 0.15) is 0 Å². The van der Waals surface area contributed by atoms with Crippen molar-refractivity contribution in [2.24, 2.45) is 0 Å². The lowest BCUT2D eigenvalue weighted by molar-refractivity contribution is -0.141. The molecule has 2 fully saturated rings.